The van der Waals surface area contributed by atoms with Crippen LogP contribution in [0.3, 0.4) is 0 Å². The number of nitrogens with zero attached hydrogens (tertiary/aromatic N) is 2. The molecule has 148 valence electrons. The minimum absolute atomic E-state index is 0.0856. The van der Waals surface area contributed by atoms with Crippen molar-refractivity contribution < 1.29 is 22.9 Å². The SMILES string of the molecule is CC(=O)c1ccc(Nc2cccc(S(=O)(=O)N3CCOCC3)c2)c([N+](=O)[O-])c1. The third-order valence-electron chi connectivity index (χ3n) is 4.32. The number of carbonyl (C=O) groups excluding carboxylic acids is 1. The molecule has 9 nitrogen and oxygen atoms in total. The molecule has 0 bridgehead atoms. The van der Waals surface area contributed by atoms with Gasteiger partial charge >= 0.3 is 0 Å². The average molecular weight is 405 g/mol. The van der Waals surface area contributed by atoms with Crippen LogP contribution >= 0.6 is 0 Å². The van der Waals surface area contributed by atoms with Gasteiger partial charge in [0, 0.05) is 30.4 Å². The second-order valence-electron chi connectivity index (χ2n) is 6.21. The van der Waals surface area contributed by atoms with Crippen LogP contribution in [-0.4, -0.2) is 49.7 Å². The van der Waals surface area contributed by atoms with Crippen molar-refractivity contribution in [3.8, 4) is 0 Å². The summed E-state index contributed by atoms with van der Waals surface area (Å²) in [5.74, 6) is -0.284. The molecule has 0 atom stereocenters. The molecule has 2 aromatic carbocycles. The van der Waals surface area contributed by atoms with Crippen molar-refractivity contribution in [2.75, 3.05) is 31.6 Å². The molecule has 3 rings (SSSR count). The number of hydrogen-bond donors (Lipinski definition) is 1. The summed E-state index contributed by atoms with van der Waals surface area (Å²) < 4.78 is 32.1. The minimum Gasteiger partial charge on any atom is -0.379 e. The minimum atomic E-state index is -3.69. The van der Waals surface area contributed by atoms with Crippen LogP contribution in [-0.2, 0) is 14.8 Å². The Hall–Kier alpha value is -2.82. The maximum absolute atomic E-state index is 12.8. The van der Waals surface area contributed by atoms with Gasteiger partial charge in [0.15, 0.2) is 5.78 Å². The van der Waals surface area contributed by atoms with Gasteiger partial charge in [0.2, 0.25) is 10.0 Å². The maximum atomic E-state index is 12.8. The first-order valence-electron chi connectivity index (χ1n) is 8.53. The highest BCUT2D eigenvalue weighted by Gasteiger charge is 2.26. The fourth-order valence-electron chi connectivity index (χ4n) is 2.83. The Kier molecular flexibility index (Phi) is 5.73. The number of benzene rings is 2. The van der Waals surface area contributed by atoms with Gasteiger partial charge in [-0.25, -0.2) is 8.42 Å². The van der Waals surface area contributed by atoms with Crippen molar-refractivity contribution in [1.29, 1.82) is 0 Å². The lowest BCUT2D eigenvalue weighted by molar-refractivity contribution is -0.383. The van der Waals surface area contributed by atoms with E-state index in [4.69, 9.17) is 4.74 Å². The molecule has 1 fully saturated rings. The highest BCUT2D eigenvalue weighted by molar-refractivity contribution is 7.89. The molecule has 28 heavy (non-hydrogen) atoms. The molecule has 0 aromatic heterocycles. The van der Waals surface area contributed by atoms with E-state index in [1.54, 1.807) is 12.1 Å². The Morgan fingerprint density at radius 1 is 1.18 bits per heavy atom. The summed E-state index contributed by atoms with van der Waals surface area (Å²) in [4.78, 5) is 22.3. The van der Waals surface area contributed by atoms with Gasteiger partial charge in [-0.15, -0.1) is 0 Å². The number of nitrogens with one attached hydrogen (secondary N) is 1. The van der Waals surface area contributed by atoms with Gasteiger partial charge < -0.3 is 10.1 Å². The van der Waals surface area contributed by atoms with Crippen LogP contribution in [0, 0.1) is 10.1 Å². The molecule has 0 saturated carbocycles. The third-order valence-corrected chi connectivity index (χ3v) is 6.22. The van der Waals surface area contributed by atoms with E-state index in [-0.39, 0.29) is 40.7 Å². The molecule has 0 unspecified atom stereocenters. The van der Waals surface area contributed by atoms with Crippen molar-refractivity contribution in [1.82, 2.24) is 4.31 Å². The van der Waals surface area contributed by atoms with E-state index in [1.165, 1.54) is 41.6 Å². The Balaban J connectivity index is 1.91. The largest absolute Gasteiger partial charge is 0.379 e. The van der Waals surface area contributed by atoms with Crippen LogP contribution in [0.5, 0.6) is 0 Å². The second-order valence-corrected chi connectivity index (χ2v) is 8.15. The van der Waals surface area contributed by atoms with Crippen molar-refractivity contribution in [2.24, 2.45) is 0 Å². The molecule has 1 saturated heterocycles. The van der Waals surface area contributed by atoms with Gasteiger partial charge in [-0.2, -0.15) is 4.31 Å². The van der Waals surface area contributed by atoms with Gasteiger partial charge in [0.05, 0.1) is 23.0 Å². The van der Waals surface area contributed by atoms with E-state index >= 15 is 0 Å². The van der Waals surface area contributed by atoms with Crippen LogP contribution in [0.4, 0.5) is 17.1 Å². The first kappa shape index (κ1) is 19.9. The fraction of sp³-hybridized carbons (Fsp3) is 0.278. The van der Waals surface area contributed by atoms with Crippen molar-refractivity contribution in [3.05, 3.63) is 58.1 Å². The average Bonchev–Trinajstić information content (AvgIpc) is 2.69. The Morgan fingerprint density at radius 3 is 2.54 bits per heavy atom. The predicted octanol–water partition coefficient (Wildman–Crippen LogP) is 2.56. The zero-order valence-corrected chi connectivity index (χ0v) is 15.9. The van der Waals surface area contributed by atoms with Gasteiger partial charge in [0.1, 0.15) is 5.69 Å². The highest BCUT2D eigenvalue weighted by Crippen LogP contribution is 2.30. The van der Waals surface area contributed by atoms with Crippen LogP contribution in [0.25, 0.3) is 0 Å². The number of morpholine rings is 1. The maximum Gasteiger partial charge on any atom is 0.293 e. The molecule has 1 aliphatic rings. The fourth-order valence-corrected chi connectivity index (χ4v) is 4.29. The number of sulfonamides is 1. The molecule has 0 aliphatic carbocycles. The molecule has 0 spiro atoms. The number of rotatable bonds is 6. The first-order valence-corrected chi connectivity index (χ1v) is 9.97. The van der Waals surface area contributed by atoms with Crippen molar-refractivity contribution in [2.45, 2.75) is 11.8 Å². The van der Waals surface area contributed by atoms with Crippen LogP contribution in [0.2, 0.25) is 0 Å². The summed E-state index contributed by atoms with van der Waals surface area (Å²) in [7, 11) is -3.69. The summed E-state index contributed by atoms with van der Waals surface area (Å²) in [6.07, 6.45) is 0. The van der Waals surface area contributed by atoms with E-state index in [2.05, 4.69) is 5.32 Å². The van der Waals surface area contributed by atoms with Crippen LogP contribution < -0.4 is 5.32 Å². The predicted molar refractivity (Wildman–Crippen MR) is 102 cm³/mol. The van der Waals surface area contributed by atoms with Crippen LogP contribution in [0.1, 0.15) is 17.3 Å². The lowest BCUT2D eigenvalue weighted by atomic mass is 10.1. The summed E-state index contributed by atoms with van der Waals surface area (Å²) >= 11 is 0. The van der Waals surface area contributed by atoms with Crippen molar-refractivity contribution in [3.63, 3.8) is 0 Å². The topological polar surface area (TPSA) is 119 Å². The summed E-state index contributed by atoms with van der Waals surface area (Å²) in [5, 5.41) is 14.2. The number of nitro groups is 1. The Bertz CT molecular complexity index is 1020. The molecule has 2 aromatic rings. The quantitative estimate of drug-likeness (QED) is 0.446. The number of ether oxygens (including phenoxy) is 1. The van der Waals surface area contributed by atoms with Crippen molar-refractivity contribution >= 4 is 32.9 Å². The molecule has 1 N–H and O–H groups in total. The number of nitro benzene ring substituents is 1. The Labute approximate surface area is 162 Å². The summed E-state index contributed by atoms with van der Waals surface area (Å²) in [6, 6.07) is 10.2. The molecular formula is C18H19N3O6S. The second kappa shape index (κ2) is 8.05. The van der Waals surface area contributed by atoms with Crippen LogP contribution in [0.15, 0.2) is 47.4 Å². The van der Waals surface area contributed by atoms with Gasteiger partial charge in [0.25, 0.3) is 5.69 Å². The zero-order chi connectivity index (χ0) is 20.3. The number of hydrogen-bond acceptors (Lipinski definition) is 7. The Morgan fingerprint density at radius 2 is 1.89 bits per heavy atom. The molecule has 1 aliphatic heterocycles. The number of carbonyl (C=O) groups is 1. The van der Waals surface area contributed by atoms with E-state index in [9.17, 15) is 23.3 Å². The van der Waals surface area contributed by atoms with E-state index in [0.29, 0.717) is 18.9 Å². The molecule has 0 radical (unpaired) electrons. The lowest BCUT2D eigenvalue weighted by Gasteiger charge is -2.26. The summed E-state index contributed by atoms with van der Waals surface area (Å²) in [6.45, 7) is 2.56. The van der Waals surface area contributed by atoms with Gasteiger partial charge in [-0.3, -0.25) is 14.9 Å². The van der Waals surface area contributed by atoms with E-state index < -0.39 is 14.9 Å². The monoisotopic (exact) mass is 405 g/mol. The number of Topliss-reactive ketones (excluding diaryl/α,β-unsaturated/α-hetero) is 1. The normalized spacial score (nSPS) is 15.2. The highest BCUT2D eigenvalue weighted by atomic mass is 32.2. The standard InChI is InChI=1S/C18H19N3O6S/c1-13(22)14-5-6-17(18(11-14)21(23)24)19-15-3-2-4-16(12-15)28(25,26)20-7-9-27-10-8-20/h2-6,11-12,19H,7-10H2,1H3. The third kappa shape index (κ3) is 4.19. The van der Waals surface area contributed by atoms with Gasteiger partial charge in [-0.1, -0.05) is 6.07 Å². The summed E-state index contributed by atoms with van der Waals surface area (Å²) in [5.41, 5.74) is 0.499. The zero-order valence-electron chi connectivity index (χ0n) is 15.1. The molecule has 10 heteroatoms. The first-order chi connectivity index (χ1) is 13.3. The molecule has 0 amide bonds. The van der Waals surface area contributed by atoms with Gasteiger partial charge in [-0.05, 0) is 37.3 Å². The van der Waals surface area contributed by atoms with E-state index in [1.807, 2.05) is 0 Å². The van der Waals surface area contributed by atoms with E-state index in [0.717, 1.165) is 0 Å². The number of anilines is 2. The molecule has 1 heterocycles. The lowest BCUT2D eigenvalue weighted by Crippen LogP contribution is -2.40. The smallest absolute Gasteiger partial charge is 0.293 e. The number of ketones is 1. The molecular weight excluding hydrogens is 386 g/mol.